The highest BCUT2D eigenvalue weighted by atomic mass is 16.4. The maximum Gasteiger partial charge on any atom is 0.208 e. The number of nitrogens with zero attached hydrogens (tertiary/aromatic N) is 1. The second-order valence-electron chi connectivity index (χ2n) is 3.52. The van der Waals surface area contributed by atoms with E-state index in [-0.39, 0.29) is 6.04 Å². The molecule has 2 rings (SSSR count). The van der Waals surface area contributed by atoms with Gasteiger partial charge in [-0.2, -0.15) is 0 Å². The van der Waals surface area contributed by atoms with Crippen LogP contribution in [-0.4, -0.2) is 4.98 Å². The van der Waals surface area contributed by atoms with Crippen LogP contribution in [0, 0.1) is 6.92 Å². The van der Waals surface area contributed by atoms with Gasteiger partial charge in [-0.15, -0.1) is 0 Å². The van der Waals surface area contributed by atoms with Crippen LogP contribution in [-0.2, 0) is 6.54 Å². The zero-order valence-electron chi connectivity index (χ0n) is 8.86. The topological polar surface area (TPSA) is 51.2 Å². The van der Waals surface area contributed by atoms with Crippen molar-refractivity contribution in [1.82, 2.24) is 10.3 Å². The van der Waals surface area contributed by atoms with E-state index in [1.165, 1.54) is 0 Å². The molecule has 80 valence electrons. The molecule has 0 fully saturated rings. The molecule has 0 aliphatic heterocycles. The highest BCUT2D eigenvalue weighted by molar-refractivity contribution is 5.10. The smallest absolute Gasteiger partial charge is 0.208 e. The number of oxazole rings is 1. The molecule has 15 heavy (non-hydrogen) atoms. The fraction of sp³-hybridized carbons (Fsp3) is 0.364. The minimum atomic E-state index is 0.232. The molecule has 1 atom stereocenters. The van der Waals surface area contributed by atoms with Crippen molar-refractivity contribution < 1.29 is 8.83 Å². The Kier molecular flexibility index (Phi) is 2.87. The van der Waals surface area contributed by atoms with E-state index in [1.807, 2.05) is 13.0 Å². The third kappa shape index (κ3) is 2.47. The number of rotatable bonds is 4. The summed E-state index contributed by atoms with van der Waals surface area (Å²) in [6.07, 6.45) is 5.13. The zero-order valence-corrected chi connectivity index (χ0v) is 8.86. The summed E-state index contributed by atoms with van der Waals surface area (Å²) < 4.78 is 10.4. The monoisotopic (exact) mass is 206 g/mol. The van der Waals surface area contributed by atoms with Gasteiger partial charge in [0, 0.05) is 11.6 Å². The molecule has 2 aromatic heterocycles. The van der Waals surface area contributed by atoms with Crippen LogP contribution in [0.4, 0.5) is 0 Å². The molecular weight excluding hydrogens is 192 g/mol. The minimum Gasteiger partial charge on any atom is -0.472 e. The lowest BCUT2D eigenvalue weighted by Crippen LogP contribution is -2.17. The Morgan fingerprint density at radius 1 is 1.53 bits per heavy atom. The maximum absolute atomic E-state index is 5.35. The van der Waals surface area contributed by atoms with Crippen LogP contribution in [0.25, 0.3) is 0 Å². The summed E-state index contributed by atoms with van der Waals surface area (Å²) in [5.74, 6) is 1.55. The van der Waals surface area contributed by atoms with Crippen LogP contribution >= 0.6 is 0 Å². The average molecular weight is 206 g/mol. The van der Waals surface area contributed by atoms with Gasteiger partial charge in [0.25, 0.3) is 0 Å². The van der Waals surface area contributed by atoms with Crippen molar-refractivity contribution >= 4 is 0 Å². The lowest BCUT2D eigenvalue weighted by Gasteiger charge is -2.09. The number of aryl methyl sites for hydroxylation is 1. The van der Waals surface area contributed by atoms with Crippen molar-refractivity contribution in [1.29, 1.82) is 0 Å². The van der Waals surface area contributed by atoms with Crippen LogP contribution in [0.5, 0.6) is 0 Å². The predicted octanol–water partition coefficient (Wildman–Crippen LogP) is 2.43. The number of aromatic nitrogens is 1. The van der Waals surface area contributed by atoms with Crippen molar-refractivity contribution in [2.24, 2.45) is 0 Å². The quantitative estimate of drug-likeness (QED) is 0.834. The summed E-state index contributed by atoms with van der Waals surface area (Å²) in [6, 6.07) is 2.18. The van der Waals surface area contributed by atoms with Crippen molar-refractivity contribution in [2.45, 2.75) is 26.4 Å². The summed E-state index contributed by atoms with van der Waals surface area (Å²) >= 11 is 0. The molecule has 0 radical (unpaired) electrons. The molecule has 0 aliphatic rings. The van der Waals surface area contributed by atoms with Gasteiger partial charge in [0.15, 0.2) is 0 Å². The van der Waals surface area contributed by atoms with E-state index in [2.05, 4.69) is 17.2 Å². The summed E-state index contributed by atoms with van der Waals surface area (Å²) in [5.41, 5.74) is 1.12. The first kappa shape index (κ1) is 9.98. The number of nitrogens with one attached hydrogen (secondary N) is 1. The first-order valence-corrected chi connectivity index (χ1v) is 4.92. The Labute approximate surface area is 88.3 Å². The highest BCUT2D eigenvalue weighted by Crippen LogP contribution is 2.13. The third-order valence-corrected chi connectivity index (χ3v) is 2.27. The van der Waals surface area contributed by atoms with Crippen molar-refractivity contribution in [2.75, 3.05) is 0 Å². The maximum atomic E-state index is 5.35. The fourth-order valence-corrected chi connectivity index (χ4v) is 1.36. The molecule has 2 aromatic rings. The molecule has 0 amide bonds. The Bertz CT molecular complexity index is 406. The lowest BCUT2D eigenvalue weighted by molar-refractivity contribution is 0.431. The normalized spacial score (nSPS) is 12.9. The highest BCUT2D eigenvalue weighted by Gasteiger charge is 2.07. The summed E-state index contributed by atoms with van der Waals surface area (Å²) in [5, 5.41) is 3.30. The molecule has 0 bridgehead atoms. The Morgan fingerprint density at radius 2 is 2.40 bits per heavy atom. The van der Waals surface area contributed by atoms with E-state index < -0.39 is 0 Å². The summed E-state index contributed by atoms with van der Waals surface area (Å²) in [6.45, 7) is 4.58. The second-order valence-corrected chi connectivity index (χ2v) is 3.52. The molecule has 0 spiro atoms. The molecule has 2 heterocycles. The molecule has 0 saturated heterocycles. The van der Waals surface area contributed by atoms with Crippen LogP contribution in [0.3, 0.4) is 0 Å². The SMILES string of the molecule is Cc1cnc(CNC(C)c2ccoc2)o1. The van der Waals surface area contributed by atoms with E-state index in [4.69, 9.17) is 8.83 Å². The standard InChI is InChI=1S/C11H14N2O2/c1-8-5-13-11(15-8)6-12-9(2)10-3-4-14-7-10/h3-5,7,9,12H,6H2,1-2H3. The largest absolute Gasteiger partial charge is 0.472 e. The molecule has 4 heteroatoms. The van der Waals surface area contributed by atoms with E-state index in [0.29, 0.717) is 12.4 Å². The van der Waals surface area contributed by atoms with Gasteiger partial charge < -0.3 is 14.2 Å². The number of hydrogen-bond donors (Lipinski definition) is 1. The zero-order chi connectivity index (χ0) is 10.7. The second kappa shape index (κ2) is 4.31. The van der Waals surface area contributed by atoms with Gasteiger partial charge in [0.1, 0.15) is 5.76 Å². The lowest BCUT2D eigenvalue weighted by atomic mass is 10.2. The van der Waals surface area contributed by atoms with E-state index in [9.17, 15) is 0 Å². The Balaban J connectivity index is 1.88. The Hall–Kier alpha value is -1.55. The van der Waals surface area contributed by atoms with Crippen LogP contribution in [0.2, 0.25) is 0 Å². The molecular formula is C11H14N2O2. The average Bonchev–Trinajstić information content (AvgIpc) is 2.84. The van der Waals surface area contributed by atoms with Gasteiger partial charge in [-0.05, 0) is 19.9 Å². The third-order valence-electron chi connectivity index (χ3n) is 2.27. The molecule has 1 unspecified atom stereocenters. The van der Waals surface area contributed by atoms with Gasteiger partial charge in [-0.1, -0.05) is 0 Å². The minimum absolute atomic E-state index is 0.232. The van der Waals surface area contributed by atoms with Gasteiger partial charge in [-0.3, -0.25) is 0 Å². The molecule has 4 nitrogen and oxygen atoms in total. The van der Waals surface area contributed by atoms with E-state index in [0.717, 1.165) is 11.3 Å². The molecule has 0 aromatic carbocycles. The number of furan rings is 1. The first-order valence-electron chi connectivity index (χ1n) is 4.92. The first-order chi connectivity index (χ1) is 7.25. The van der Waals surface area contributed by atoms with Crippen LogP contribution in [0.1, 0.15) is 30.2 Å². The van der Waals surface area contributed by atoms with E-state index >= 15 is 0 Å². The van der Waals surface area contributed by atoms with Gasteiger partial charge in [-0.25, -0.2) is 4.98 Å². The summed E-state index contributed by atoms with van der Waals surface area (Å²) in [4.78, 5) is 4.12. The molecule has 1 N–H and O–H groups in total. The fourth-order valence-electron chi connectivity index (χ4n) is 1.36. The predicted molar refractivity (Wildman–Crippen MR) is 55.2 cm³/mol. The van der Waals surface area contributed by atoms with E-state index in [1.54, 1.807) is 18.7 Å². The van der Waals surface area contributed by atoms with Gasteiger partial charge in [0.2, 0.25) is 5.89 Å². The van der Waals surface area contributed by atoms with Crippen molar-refractivity contribution in [3.8, 4) is 0 Å². The van der Waals surface area contributed by atoms with Crippen LogP contribution < -0.4 is 5.32 Å². The summed E-state index contributed by atoms with van der Waals surface area (Å²) in [7, 11) is 0. The van der Waals surface area contributed by atoms with Gasteiger partial charge >= 0.3 is 0 Å². The van der Waals surface area contributed by atoms with Crippen molar-refractivity contribution in [3.05, 3.63) is 42.0 Å². The van der Waals surface area contributed by atoms with Crippen LogP contribution in [0.15, 0.2) is 33.6 Å². The number of hydrogen-bond acceptors (Lipinski definition) is 4. The molecule has 0 aliphatic carbocycles. The van der Waals surface area contributed by atoms with Crippen molar-refractivity contribution in [3.63, 3.8) is 0 Å². The van der Waals surface area contributed by atoms with Gasteiger partial charge in [0.05, 0.1) is 25.3 Å². The Morgan fingerprint density at radius 3 is 3.00 bits per heavy atom. The molecule has 0 saturated carbocycles.